The summed E-state index contributed by atoms with van der Waals surface area (Å²) in [5, 5.41) is 55.8. The van der Waals surface area contributed by atoms with Gasteiger partial charge in [-0.05, 0) is 67.3 Å². The molecule has 0 unspecified atom stereocenters. The molecule has 0 saturated heterocycles. The Morgan fingerprint density at radius 1 is 1.06 bits per heavy atom. The minimum Gasteiger partial charge on any atom is -0.489 e. The van der Waals surface area contributed by atoms with Gasteiger partial charge in [0.05, 0.1) is 50.1 Å². The van der Waals surface area contributed by atoms with Gasteiger partial charge in [0.15, 0.2) is 0 Å². The number of carbonyl (C=O) groups excluding carboxylic acids is 1. The summed E-state index contributed by atoms with van der Waals surface area (Å²) in [5.74, 6) is -0.293. The van der Waals surface area contributed by atoms with Gasteiger partial charge in [0, 0.05) is 23.3 Å². The van der Waals surface area contributed by atoms with E-state index >= 15 is 0 Å². The zero-order chi connectivity index (χ0) is 35.5. The van der Waals surface area contributed by atoms with Crippen LogP contribution in [0.1, 0.15) is 25.0 Å². The number of benzene rings is 3. The lowest BCUT2D eigenvalue weighted by atomic mass is 10.1. The number of hydrogen-bond acceptors (Lipinski definition) is 8. The van der Waals surface area contributed by atoms with Crippen LogP contribution in [0.15, 0.2) is 60.8 Å². The number of nitrogens with one attached hydrogen (secondary N) is 2. The molecule has 1 amide bonds. The largest absolute Gasteiger partial charge is 0.489 e. The monoisotopic (exact) mass is 730 g/mol. The van der Waals surface area contributed by atoms with Gasteiger partial charge in [-0.1, -0.05) is 23.7 Å². The Labute approximate surface area is 294 Å². The summed E-state index contributed by atoms with van der Waals surface area (Å²) in [6.07, 6.45) is 0.190. The predicted molar refractivity (Wildman–Crippen MR) is 197 cm³/mol. The van der Waals surface area contributed by atoms with Crippen molar-refractivity contribution in [2.75, 3.05) is 35.4 Å². The third-order valence-electron chi connectivity index (χ3n) is 6.93. The van der Waals surface area contributed by atoms with Crippen LogP contribution in [0.3, 0.4) is 0 Å². The first-order chi connectivity index (χ1) is 23.5. The average molecular weight is 731 g/mol. The minimum atomic E-state index is -1.19. The van der Waals surface area contributed by atoms with Crippen molar-refractivity contribution in [1.29, 1.82) is 5.26 Å². The van der Waals surface area contributed by atoms with Crippen molar-refractivity contribution in [3.05, 3.63) is 82.8 Å². The highest BCUT2D eigenvalue weighted by Crippen LogP contribution is 2.38. The molecule has 0 aliphatic carbocycles. The van der Waals surface area contributed by atoms with Gasteiger partial charge in [-0.3, -0.25) is 9.78 Å². The maximum atomic E-state index is 13.6. The van der Waals surface area contributed by atoms with Crippen molar-refractivity contribution >= 4 is 78.3 Å². The van der Waals surface area contributed by atoms with Crippen LogP contribution in [0.5, 0.6) is 11.5 Å². The van der Waals surface area contributed by atoms with Crippen molar-refractivity contribution in [3.8, 4) is 17.6 Å². The third-order valence-corrected chi connectivity index (χ3v) is 9.38. The van der Waals surface area contributed by atoms with Crippen LogP contribution in [0.2, 0.25) is 5.02 Å². The normalized spacial score (nSPS) is 13.4. The van der Waals surface area contributed by atoms with E-state index in [0.29, 0.717) is 56.3 Å². The van der Waals surface area contributed by atoms with Crippen LogP contribution in [0.25, 0.3) is 10.9 Å². The van der Waals surface area contributed by atoms with Gasteiger partial charge in [-0.25, -0.2) is 4.39 Å². The molecule has 6 N–H and O–H groups in total. The number of thiol groups is 2. The van der Waals surface area contributed by atoms with Gasteiger partial charge >= 0.3 is 0 Å². The molecule has 260 valence electrons. The van der Waals surface area contributed by atoms with Crippen molar-refractivity contribution in [1.82, 2.24) is 4.98 Å². The molecule has 1 heterocycles. The first-order valence-electron chi connectivity index (χ1n) is 14.9. The Morgan fingerprint density at radius 2 is 1.80 bits per heavy atom. The average Bonchev–Trinajstić information content (AvgIpc) is 3.06. The fourth-order valence-electron chi connectivity index (χ4n) is 4.47. The molecule has 1 aromatic heterocycles. The summed E-state index contributed by atoms with van der Waals surface area (Å²) in [4.78, 5) is 18.0. The molecule has 4 rings (SSSR count). The Hall–Kier alpha value is -4.07. The Morgan fingerprint density at radius 3 is 2.43 bits per heavy atom. The lowest BCUT2D eigenvalue weighted by molar-refractivity contribution is -0.118. The Bertz CT molecular complexity index is 1890. The number of halogens is 2. The predicted octanol–water partition coefficient (Wildman–Crippen LogP) is 5.85. The van der Waals surface area contributed by atoms with E-state index in [-0.39, 0.29) is 62.7 Å². The standard InChI is InChI=1S/C34H36ClFN4O7S2/c1-19(42)48-17-23(18-49-20(2)43)34(45)40-30-10-27-29(11-32(30)47-16-26(44)14-41)38-13-22(12-37)33(27)39-25-6-7-31(28(35)9-25)46-15-21-4-3-5-24(36)8-21/h3-11,13,23,26,41-44,48-49H,14-18H2,1-2H3,(H,38,39)(H,40,45)/t26-/m1/s1. The molecule has 3 aromatic carbocycles. The van der Waals surface area contributed by atoms with Crippen LogP contribution in [0.4, 0.5) is 21.5 Å². The van der Waals surface area contributed by atoms with Gasteiger partial charge in [-0.2, -0.15) is 28.0 Å². The highest BCUT2D eigenvalue weighted by Gasteiger charge is 2.21. The maximum Gasteiger partial charge on any atom is 0.229 e. The number of nitrogens with zero attached hydrogens (tertiary/aromatic N) is 2. The van der Waals surface area contributed by atoms with Gasteiger partial charge in [-0.15, -0.1) is 0 Å². The molecule has 0 radical (unpaired) electrons. The van der Waals surface area contributed by atoms with E-state index in [1.54, 1.807) is 42.5 Å². The molecular formula is C34H36ClFN4O7S2. The number of anilines is 3. The number of aliphatic hydroxyl groups is 4. The SMILES string of the molecule is CC(O)=[SH]CC(C[SH]=C(C)O)C(=O)Nc1cc2c(Nc3ccc(OCc4cccc(F)c4)c(Cl)c3)c(C#N)cnc2cc1OC[C@H](O)CO. The number of hydrogen-bond donors (Lipinski definition) is 8. The van der Waals surface area contributed by atoms with Crippen molar-refractivity contribution < 1.29 is 39.1 Å². The lowest BCUT2D eigenvalue weighted by Gasteiger charge is -2.20. The fourth-order valence-corrected chi connectivity index (χ4v) is 6.46. The first kappa shape index (κ1) is 37.7. The van der Waals surface area contributed by atoms with Crippen LogP contribution in [-0.4, -0.2) is 72.2 Å². The lowest BCUT2D eigenvalue weighted by Crippen LogP contribution is -2.27. The van der Waals surface area contributed by atoms with Crippen LogP contribution >= 0.6 is 34.3 Å². The highest BCUT2D eigenvalue weighted by atomic mass is 35.5. The summed E-state index contributed by atoms with van der Waals surface area (Å²) in [6, 6.07) is 16.2. The number of rotatable bonds is 15. The molecular weight excluding hydrogens is 695 g/mol. The first-order valence-corrected chi connectivity index (χ1v) is 17.4. The summed E-state index contributed by atoms with van der Waals surface area (Å²) >= 11 is 7.63. The molecule has 1 atom stereocenters. The van der Waals surface area contributed by atoms with Crippen molar-refractivity contribution in [2.45, 2.75) is 26.6 Å². The number of aromatic nitrogens is 1. The molecule has 0 aliphatic rings. The van der Waals surface area contributed by atoms with Crippen LogP contribution < -0.4 is 20.1 Å². The van der Waals surface area contributed by atoms with E-state index in [4.69, 9.17) is 21.1 Å². The smallest absolute Gasteiger partial charge is 0.229 e. The molecule has 15 heteroatoms. The van der Waals surface area contributed by atoms with Crippen LogP contribution in [0, 0.1) is 23.1 Å². The number of nitriles is 1. The third kappa shape index (κ3) is 11.0. The quantitative estimate of drug-likeness (QED) is 0.0547. The van der Waals surface area contributed by atoms with E-state index in [9.17, 15) is 34.9 Å². The second kappa shape index (κ2) is 18.1. The molecule has 4 aromatic rings. The molecule has 0 aliphatic heterocycles. The molecule has 49 heavy (non-hydrogen) atoms. The van der Waals surface area contributed by atoms with Gasteiger partial charge in [0.25, 0.3) is 0 Å². The Balaban J connectivity index is 1.70. The van der Waals surface area contributed by atoms with E-state index in [2.05, 4.69) is 21.7 Å². The van der Waals surface area contributed by atoms with Gasteiger partial charge in [0.1, 0.15) is 42.7 Å². The van der Waals surface area contributed by atoms with E-state index in [1.807, 2.05) is 0 Å². The topological polar surface area (TPSA) is 177 Å². The molecule has 11 nitrogen and oxygen atoms in total. The summed E-state index contributed by atoms with van der Waals surface area (Å²) in [6.45, 7) is 2.35. The number of fused-ring (bicyclic) bond motifs is 1. The highest BCUT2D eigenvalue weighted by molar-refractivity contribution is 7.99. The second-order valence-corrected chi connectivity index (χ2v) is 13.9. The molecule has 0 bridgehead atoms. The second-order valence-electron chi connectivity index (χ2n) is 10.8. The van der Waals surface area contributed by atoms with Gasteiger partial charge < -0.3 is 40.5 Å². The maximum absolute atomic E-state index is 13.6. The van der Waals surface area contributed by atoms with E-state index in [1.165, 1.54) is 32.2 Å². The zero-order valence-corrected chi connectivity index (χ0v) is 29.1. The number of ether oxygens (including phenoxy) is 2. The Kier molecular flexibility index (Phi) is 13.9. The number of pyridine rings is 1. The van der Waals surface area contributed by atoms with Crippen molar-refractivity contribution in [3.63, 3.8) is 0 Å². The fraction of sp³-hybridized carbons (Fsp3) is 0.265. The molecule has 0 fully saturated rings. The molecule has 0 spiro atoms. The van der Waals surface area contributed by atoms with Crippen molar-refractivity contribution in [2.24, 2.45) is 5.92 Å². The number of amides is 1. The van der Waals surface area contributed by atoms with Crippen LogP contribution in [-0.2, 0) is 11.4 Å². The summed E-state index contributed by atoms with van der Waals surface area (Å²) in [5.41, 5.74) is 2.28. The summed E-state index contributed by atoms with van der Waals surface area (Å²) in [7, 11) is 0. The minimum absolute atomic E-state index is 0.0990. The van der Waals surface area contributed by atoms with E-state index < -0.39 is 24.5 Å². The van der Waals surface area contributed by atoms with Gasteiger partial charge in [0.2, 0.25) is 5.91 Å². The number of carbonyl (C=O) groups is 1. The zero-order valence-electron chi connectivity index (χ0n) is 26.5. The summed E-state index contributed by atoms with van der Waals surface area (Å²) < 4.78 is 25.1. The molecule has 0 saturated carbocycles. The number of aliphatic hydroxyl groups excluding tert-OH is 4. The van der Waals surface area contributed by atoms with E-state index in [0.717, 1.165) is 0 Å².